The molecule has 0 aliphatic heterocycles. The minimum Gasteiger partial charge on any atom is -0.493 e. The van der Waals surface area contributed by atoms with Crippen LogP contribution in [0, 0.1) is 11.3 Å². The Hall–Kier alpha value is -3.84. The Morgan fingerprint density at radius 2 is 1.87 bits per heavy atom. The van der Waals surface area contributed by atoms with E-state index in [2.05, 4.69) is 26.0 Å². The number of nitriles is 1. The SMILES string of the molecule is COC(=O)c1ccc(NC(=O)/C(C#N)=C/c2cc(Br)c(OCC(N)=O)c(OC)c2)cc1. The number of hydrogen-bond donors (Lipinski definition) is 2. The van der Waals surface area contributed by atoms with Gasteiger partial charge in [0.25, 0.3) is 11.8 Å². The van der Waals surface area contributed by atoms with Crippen molar-refractivity contribution in [3.8, 4) is 17.6 Å². The number of hydrogen-bond acceptors (Lipinski definition) is 7. The van der Waals surface area contributed by atoms with Crippen molar-refractivity contribution in [2.45, 2.75) is 0 Å². The molecule has 0 aromatic heterocycles. The fourth-order valence-electron chi connectivity index (χ4n) is 2.43. The first-order valence-electron chi connectivity index (χ1n) is 8.69. The largest absolute Gasteiger partial charge is 0.493 e. The lowest BCUT2D eigenvalue weighted by atomic mass is 10.1. The van der Waals surface area contributed by atoms with E-state index in [9.17, 15) is 19.6 Å². The minimum absolute atomic E-state index is 0.170. The van der Waals surface area contributed by atoms with Crippen molar-refractivity contribution >= 4 is 45.5 Å². The molecule has 0 heterocycles. The smallest absolute Gasteiger partial charge is 0.337 e. The molecule has 0 saturated carbocycles. The number of nitrogens with two attached hydrogens (primary N) is 1. The molecule has 2 aromatic carbocycles. The number of methoxy groups -OCH3 is 2. The topological polar surface area (TPSA) is 141 Å². The summed E-state index contributed by atoms with van der Waals surface area (Å²) in [4.78, 5) is 34.9. The van der Waals surface area contributed by atoms with Crippen LogP contribution in [-0.4, -0.2) is 38.6 Å². The van der Waals surface area contributed by atoms with E-state index >= 15 is 0 Å². The van der Waals surface area contributed by atoms with Gasteiger partial charge in [-0.25, -0.2) is 4.79 Å². The molecule has 0 radical (unpaired) electrons. The average molecular weight is 488 g/mol. The third-order valence-electron chi connectivity index (χ3n) is 3.85. The highest BCUT2D eigenvalue weighted by atomic mass is 79.9. The van der Waals surface area contributed by atoms with Crippen molar-refractivity contribution in [2.75, 3.05) is 26.1 Å². The second kappa shape index (κ2) is 10.8. The van der Waals surface area contributed by atoms with Crippen molar-refractivity contribution in [2.24, 2.45) is 5.73 Å². The molecule has 0 aliphatic carbocycles. The monoisotopic (exact) mass is 487 g/mol. The van der Waals surface area contributed by atoms with E-state index < -0.39 is 17.8 Å². The van der Waals surface area contributed by atoms with Gasteiger partial charge >= 0.3 is 5.97 Å². The Kier molecular flexibility index (Phi) is 8.16. The summed E-state index contributed by atoms with van der Waals surface area (Å²) in [6, 6.07) is 11.0. The number of nitrogens with zero attached hydrogens (tertiary/aromatic N) is 1. The first kappa shape index (κ1) is 23.4. The molecule has 0 atom stereocenters. The van der Waals surface area contributed by atoms with Gasteiger partial charge in [0.2, 0.25) is 0 Å². The van der Waals surface area contributed by atoms with Gasteiger partial charge in [-0.15, -0.1) is 0 Å². The molecule has 0 bridgehead atoms. The summed E-state index contributed by atoms with van der Waals surface area (Å²) >= 11 is 3.31. The molecular weight excluding hydrogens is 470 g/mol. The molecule has 0 unspecified atom stereocenters. The summed E-state index contributed by atoms with van der Waals surface area (Å²) in [5.41, 5.74) is 6.12. The predicted molar refractivity (Wildman–Crippen MR) is 115 cm³/mol. The third-order valence-corrected chi connectivity index (χ3v) is 4.44. The van der Waals surface area contributed by atoms with Gasteiger partial charge in [0.05, 0.1) is 24.3 Å². The summed E-state index contributed by atoms with van der Waals surface area (Å²) in [6.45, 7) is -0.342. The fraction of sp³-hybridized carbons (Fsp3) is 0.143. The summed E-state index contributed by atoms with van der Waals surface area (Å²) in [5.74, 6) is -1.26. The molecule has 2 aromatic rings. The predicted octanol–water partition coefficient (Wildman–Crippen LogP) is 2.65. The van der Waals surface area contributed by atoms with Crippen molar-refractivity contribution < 1.29 is 28.6 Å². The van der Waals surface area contributed by atoms with Crippen molar-refractivity contribution in [1.29, 1.82) is 5.26 Å². The molecule has 2 amide bonds. The van der Waals surface area contributed by atoms with Gasteiger partial charge in [0.15, 0.2) is 18.1 Å². The second-order valence-corrected chi connectivity index (χ2v) is 6.84. The zero-order valence-electron chi connectivity index (χ0n) is 16.6. The lowest BCUT2D eigenvalue weighted by Crippen LogP contribution is -2.20. The Labute approximate surface area is 186 Å². The maximum absolute atomic E-state index is 12.5. The summed E-state index contributed by atoms with van der Waals surface area (Å²) < 4.78 is 15.6. The molecule has 2 rings (SSSR count). The molecule has 9 nitrogen and oxygen atoms in total. The van der Waals surface area contributed by atoms with Crippen LogP contribution in [0.25, 0.3) is 6.08 Å². The summed E-state index contributed by atoms with van der Waals surface area (Å²) in [6.07, 6.45) is 1.36. The Morgan fingerprint density at radius 3 is 2.42 bits per heavy atom. The van der Waals surface area contributed by atoms with Crippen molar-refractivity contribution in [3.05, 3.63) is 57.6 Å². The molecule has 31 heavy (non-hydrogen) atoms. The number of carbonyl (C=O) groups excluding carboxylic acids is 3. The highest BCUT2D eigenvalue weighted by Crippen LogP contribution is 2.37. The number of primary amides is 1. The van der Waals surface area contributed by atoms with E-state index in [0.29, 0.717) is 21.3 Å². The molecule has 3 N–H and O–H groups in total. The normalized spacial score (nSPS) is 10.6. The van der Waals surface area contributed by atoms with Gasteiger partial charge in [-0.2, -0.15) is 5.26 Å². The van der Waals surface area contributed by atoms with Gasteiger partial charge in [0.1, 0.15) is 11.6 Å². The highest BCUT2D eigenvalue weighted by Gasteiger charge is 2.15. The molecule has 160 valence electrons. The van der Waals surface area contributed by atoms with Gasteiger partial charge in [-0.05, 0) is 64.0 Å². The lowest BCUT2D eigenvalue weighted by molar-refractivity contribution is -0.120. The number of esters is 1. The van der Waals surface area contributed by atoms with Crippen LogP contribution in [0.1, 0.15) is 15.9 Å². The number of ether oxygens (including phenoxy) is 3. The molecule has 0 aliphatic rings. The standard InChI is InChI=1S/C21H18BrN3O6/c1-29-17-9-12(8-16(22)19(17)31-11-18(24)26)7-14(10-23)20(27)25-15-5-3-13(4-6-15)21(28)30-2/h3-9H,11H2,1-2H3,(H2,24,26)(H,25,27)/b14-7+. The summed E-state index contributed by atoms with van der Waals surface area (Å²) in [5, 5.41) is 12.0. The van der Waals surface area contributed by atoms with Crippen LogP contribution >= 0.6 is 15.9 Å². The van der Waals surface area contributed by atoms with Crippen LogP contribution in [0.15, 0.2) is 46.4 Å². The Morgan fingerprint density at radius 1 is 1.19 bits per heavy atom. The van der Waals surface area contributed by atoms with Crippen LogP contribution in [-0.2, 0) is 14.3 Å². The lowest BCUT2D eigenvalue weighted by Gasteiger charge is -2.12. The highest BCUT2D eigenvalue weighted by molar-refractivity contribution is 9.10. The van der Waals surface area contributed by atoms with E-state index in [4.69, 9.17) is 15.2 Å². The van der Waals surface area contributed by atoms with E-state index in [-0.39, 0.29) is 23.7 Å². The second-order valence-electron chi connectivity index (χ2n) is 5.98. The number of rotatable bonds is 8. The zero-order valence-corrected chi connectivity index (χ0v) is 18.2. The molecule has 10 heteroatoms. The van der Waals surface area contributed by atoms with Crippen LogP contribution in [0.5, 0.6) is 11.5 Å². The number of carbonyl (C=O) groups is 3. The maximum atomic E-state index is 12.5. The molecule has 0 saturated heterocycles. The van der Waals surface area contributed by atoms with E-state index in [1.54, 1.807) is 6.07 Å². The Bertz CT molecular complexity index is 1070. The number of halogens is 1. The van der Waals surface area contributed by atoms with Gasteiger partial charge in [-0.1, -0.05) is 0 Å². The number of anilines is 1. The van der Waals surface area contributed by atoms with Crippen molar-refractivity contribution in [3.63, 3.8) is 0 Å². The van der Waals surface area contributed by atoms with Crippen LogP contribution in [0.4, 0.5) is 5.69 Å². The quantitative estimate of drug-likeness (QED) is 0.331. The van der Waals surface area contributed by atoms with Crippen LogP contribution < -0.4 is 20.5 Å². The third kappa shape index (κ3) is 6.32. The zero-order chi connectivity index (χ0) is 23.0. The maximum Gasteiger partial charge on any atom is 0.337 e. The van der Waals surface area contributed by atoms with Gasteiger partial charge in [-0.3, -0.25) is 9.59 Å². The van der Waals surface area contributed by atoms with E-state index in [0.717, 1.165) is 0 Å². The molecule has 0 fully saturated rings. The molecule has 0 spiro atoms. The van der Waals surface area contributed by atoms with Crippen molar-refractivity contribution in [1.82, 2.24) is 0 Å². The number of benzene rings is 2. The average Bonchev–Trinajstić information content (AvgIpc) is 2.75. The first-order chi connectivity index (χ1) is 14.8. The molecular formula is C21H18BrN3O6. The van der Waals surface area contributed by atoms with Crippen LogP contribution in [0.2, 0.25) is 0 Å². The Balaban J connectivity index is 2.25. The first-order valence-corrected chi connectivity index (χ1v) is 9.48. The minimum atomic E-state index is -0.652. The van der Waals surface area contributed by atoms with Gasteiger partial charge < -0.3 is 25.3 Å². The van der Waals surface area contributed by atoms with Gasteiger partial charge in [0, 0.05) is 5.69 Å². The number of amides is 2. The summed E-state index contributed by atoms with van der Waals surface area (Å²) in [7, 11) is 2.67. The van der Waals surface area contributed by atoms with E-state index in [1.165, 1.54) is 50.6 Å². The number of nitrogens with one attached hydrogen (secondary N) is 1. The van der Waals surface area contributed by atoms with Crippen LogP contribution in [0.3, 0.4) is 0 Å². The van der Waals surface area contributed by atoms with E-state index in [1.807, 2.05) is 6.07 Å². The fourth-order valence-corrected chi connectivity index (χ4v) is 3.00.